The zero-order valence-electron chi connectivity index (χ0n) is 12.3. The first-order valence-corrected chi connectivity index (χ1v) is 9.19. The third-order valence-electron chi connectivity index (χ3n) is 4.52. The summed E-state index contributed by atoms with van der Waals surface area (Å²) < 4.78 is 26.1. The molecule has 0 radical (unpaired) electrons. The van der Waals surface area contributed by atoms with Crippen molar-refractivity contribution in [3.8, 4) is 6.07 Å². The van der Waals surface area contributed by atoms with Crippen molar-refractivity contribution in [2.24, 2.45) is 5.92 Å². The molecule has 0 aliphatic carbocycles. The average molecular weight is 299 g/mol. The molecule has 1 unspecified atom stereocenters. The lowest BCUT2D eigenvalue weighted by Crippen LogP contribution is -2.44. The molecular weight excluding hydrogens is 274 g/mol. The zero-order valence-corrected chi connectivity index (χ0v) is 13.1. The van der Waals surface area contributed by atoms with Gasteiger partial charge in [0.05, 0.1) is 6.07 Å². The summed E-state index contributed by atoms with van der Waals surface area (Å²) in [5.41, 5.74) is 0. The van der Waals surface area contributed by atoms with Gasteiger partial charge in [0.25, 0.3) is 0 Å². The van der Waals surface area contributed by atoms with Crippen molar-refractivity contribution in [3.05, 3.63) is 0 Å². The van der Waals surface area contributed by atoms with E-state index in [-0.39, 0.29) is 0 Å². The summed E-state index contributed by atoms with van der Waals surface area (Å²) in [7, 11) is -3.42. The minimum absolute atomic E-state index is 0.368. The van der Waals surface area contributed by atoms with Crippen LogP contribution in [0.5, 0.6) is 0 Å². The van der Waals surface area contributed by atoms with Crippen molar-refractivity contribution < 1.29 is 8.42 Å². The molecule has 0 bridgehead atoms. The zero-order chi connectivity index (χ0) is 14.6. The maximum Gasteiger partial charge on any atom is 0.230 e. The van der Waals surface area contributed by atoms with Gasteiger partial charge in [0.2, 0.25) is 10.0 Å². The molecule has 0 N–H and O–H groups in total. The summed E-state index contributed by atoms with van der Waals surface area (Å²) in [4.78, 5) is 2.50. The molecule has 0 aromatic rings. The van der Waals surface area contributed by atoms with Gasteiger partial charge in [-0.3, -0.25) is 0 Å². The second-order valence-electron chi connectivity index (χ2n) is 5.92. The molecule has 5 nitrogen and oxygen atoms in total. The van der Waals surface area contributed by atoms with E-state index in [1.165, 1.54) is 30.2 Å². The molecule has 20 heavy (non-hydrogen) atoms. The Bertz CT molecular complexity index is 444. The van der Waals surface area contributed by atoms with Crippen LogP contribution in [0.25, 0.3) is 0 Å². The predicted octanol–water partition coefficient (Wildman–Crippen LogP) is 1.43. The molecule has 2 saturated heterocycles. The SMILES string of the molecule is CCC(C#N)S(=O)(=O)N1CCC(CN2CCCC2)CC1. The fraction of sp³-hybridized carbons (Fsp3) is 0.929. The highest BCUT2D eigenvalue weighted by Crippen LogP contribution is 2.24. The number of sulfonamides is 1. The van der Waals surface area contributed by atoms with Crippen LogP contribution >= 0.6 is 0 Å². The number of piperidine rings is 1. The monoisotopic (exact) mass is 299 g/mol. The van der Waals surface area contributed by atoms with Crippen LogP contribution in [0, 0.1) is 17.2 Å². The van der Waals surface area contributed by atoms with Crippen LogP contribution < -0.4 is 0 Å². The smallest absolute Gasteiger partial charge is 0.230 e. The minimum Gasteiger partial charge on any atom is -0.303 e. The summed E-state index contributed by atoms with van der Waals surface area (Å²) in [5, 5.41) is 8.09. The Labute approximate surface area is 122 Å². The van der Waals surface area contributed by atoms with Crippen molar-refractivity contribution in [2.45, 2.75) is 44.3 Å². The third kappa shape index (κ3) is 3.51. The van der Waals surface area contributed by atoms with Crippen LogP contribution in [0.1, 0.15) is 39.0 Å². The lowest BCUT2D eigenvalue weighted by atomic mass is 9.98. The molecule has 2 aliphatic heterocycles. The van der Waals surface area contributed by atoms with Gasteiger partial charge >= 0.3 is 0 Å². The van der Waals surface area contributed by atoms with Gasteiger partial charge in [-0.1, -0.05) is 6.92 Å². The maximum atomic E-state index is 12.3. The van der Waals surface area contributed by atoms with Crippen molar-refractivity contribution >= 4 is 10.0 Å². The first-order valence-electron chi connectivity index (χ1n) is 7.69. The summed E-state index contributed by atoms with van der Waals surface area (Å²) in [6.45, 7) is 6.43. The minimum atomic E-state index is -3.42. The molecule has 0 aromatic carbocycles. The molecule has 0 spiro atoms. The number of rotatable bonds is 5. The normalized spacial score (nSPS) is 24.6. The summed E-state index contributed by atoms with van der Waals surface area (Å²) in [6, 6.07) is 1.92. The summed E-state index contributed by atoms with van der Waals surface area (Å²) in [6.07, 6.45) is 4.82. The lowest BCUT2D eigenvalue weighted by molar-refractivity contribution is 0.205. The highest BCUT2D eigenvalue weighted by molar-refractivity contribution is 7.90. The lowest BCUT2D eigenvalue weighted by Gasteiger charge is -2.33. The predicted molar refractivity (Wildman–Crippen MR) is 78.6 cm³/mol. The fourth-order valence-corrected chi connectivity index (χ4v) is 4.86. The molecule has 0 aromatic heterocycles. The van der Waals surface area contributed by atoms with E-state index in [0.717, 1.165) is 19.4 Å². The van der Waals surface area contributed by atoms with Crippen molar-refractivity contribution in [2.75, 3.05) is 32.7 Å². The maximum absolute atomic E-state index is 12.3. The second-order valence-corrected chi connectivity index (χ2v) is 8.04. The molecule has 2 aliphatic rings. The van der Waals surface area contributed by atoms with Gasteiger partial charge in [0.1, 0.15) is 0 Å². The van der Waals surface area contributed by atoms with Gasteiger partial charge in [0, 0.05) is 19.6 Å². The van der Waals surface area contributed by atoms with Gasteiger partial charge in [-0.25, -0.2) is 12.7 Å². The Morgan fingerprint density at radius 3 is 2.30 bits per heavy atom. The standard InChI is InChI=1S/C14H25N3O2S/c1-2-14(11-15)20(18,19)17-9-5-13(6-10-17)12-16-7-3-4-8-16/h13-14H,2-10,12H2,1H3. The molecule has 0 amide bonds. The number of nitriles is 1. The van der Waals surface area contributed by atoms with E-state index in [4.69, 9.17) is 5.26 Å². The highest BCUT2D eigenvalue weighted by atomic mass is 32.2. The second kappa shape index (κ2) is 6.88. The van der Waals surface area contributed by atoms with Crippen LogP contribution in [-0.2, 0) is 10.0 Å². The Balaban J connectivity index is 1.86. The van der Waals surface area contributed by atoms with Gasteiger partial charge in [-0.2, -0.15) is 5.26 Å². The summed E-state index contributed by atoms with van der Waals surface area (Å²) >= 11 is 0. The Morgan fingerprint density at radius 1 is 1.20 bits per heavy atom. The molecular formula is C14H25N3O2S. The molecule has 2 rings (SSSR count). The first kappa shape index (κ1) is 15.7. The Kier molecular flexibility index (Phi) is 5.42. The summed E-state index contributed by atoms with van der Waals surface area (Å²) in [5.74, 6) is 0.613. The van der Waals surface area contributed by atoms with E-state index in [1.54, 1.807) is 6.92 Å². The van der Waals surface area contributed by atoms with E-state index in [2.05, 4.69) is 4.90 Å². The van der Waals surface area contributed by atoms with Crippen molar-refractivity contribution in [1.82, 2.24) is 9.21 Å². The molecule has 6 heteroatoms. The fourth-order valence-electron chi connectivity index (χ4n) is 3.23. The molecule has 1 atom stereocenters. The van der Waals surface area contributed by atoms with Crippen LogP contribution in [0.3, 0.4) is 0 Å². The molecule has 2 heterocycles. The molecule has 0 saturated carbocycles. The first-order chi connectivity index (χ1) is 9.57. The van der Waals surface area contributed by atoms with Gasteiger partial charge < -0.3 is 4.90 Å². The van der Waals surface area contributed by atoms with Crippen molar-refractivity contribution in [3.63, 3.8) is 0 Å². The Morgan fingerprint density at radius 2 is 1.80 bits per heavy atom. The van der Waals surface area contributed by atoms with Gasteiger partial charge in [-0.05, 0) is 51.1 Å². The van der Waals surface area contributed by atoms with E-state index in [9.17, 15) is 8.42 Å². The van der Waals surface area contributed by atoms with E-state index >= 15 is 0 Å². The molecule has 2 fully saturated rings. The number of hydrogen-bond acceptors (Lipinski definition) is 4. The van der Waals surface area contributed by atoms with E-state index in [1.807, 2.05) is 6.07 Å². The van der Waals surface area contributed by atoms with Crippen LogP contribution in [0.15, 0.2) is 0 Å². The quantitative estimate of drug-likeness (QED) is 0.770. The van der Waals surface area contributed by atoms with Crippen molar-refractivity contribution in [1.29, 1.82) is 5.26 Å². The molecule has 114 valence electrons. The van der Waals surface area contributed by atoms with Gasteiger partial charge in [-0.15, -0.1) is 0 Å². The van der Waals surface area contributed by atoms with Crippen LogP contribution in [0.2, 0.25) is 0 Å². The van der Waals surface area contributed by atoms with Gasteiger partial charge in [0.15, 0.2) is 5.25 Å². The number of nitrogens with zero attached hydrogens (tertiary/aromatic N) is 3. The van der Waals surface area contributed by atoms with E-state index in [0.29, 0.717) is 25.4 Å². The van der Waals surface area contributed by atoms with Crippen LogP contribution in [0.4, 0.5) is 0 Å². The van der Waals surface area contributed by atoms with E-state index < -0.39 is 15.3 Å². The highest BCUT2D eigenvalue weighted by Gasteiger charge is 2.34. The average Bonchev–Trinajstić information content (AvgIpc) is 2.93. The van der Waals surface area contributed by atoms with Crippen LogP contribution in [-0.4, -0.2) is 55.6 Å². The largest absolute Gasteiger partial charge is 0.303 e. The number of likely N-dealkylation sites (tertiary alicyclic amines) is 1. The Hall–Kier alpha value is -0.640. The topological polar surface area (TPSA) is 64.4 Å². The number of hydrogen-bond donors (Lipinski definition) is 0. The third-order valence-corrected chi connectivity index (χ3v) is 6.77.